The lowest BCUT2D eigenvalue weighted by Gasteiger charge is -2.28. The molecule has 72 valence electrons. The van der Waals surface area contributed by atoms with E-state index in [2.05, 4.69) is 5.10 Å². The number of nitrogens with zero attached hydrogens (tertiary/aromatic N) is 2. The lowest BCUT2D eigenvalue weighted by Crippen LogP contribution is -2.35. The number of nitrogens with two attached hydrogens (primary N) is 1. The first-order chi connectivity index (χ1) is 6.27. The number of aromatic nitrogens is 2. The van der Waals surface area contributed by atoms with Crippen LogP contribution < -0.4 is 5.73 Å². The maximum Gasteiger partial charge on any atom is 0.153 e. The van der Waals surface area contributed by atoms with E-state index in [-0.39, 0.29) is 17.8 Å². The topological polar surface area (TPSA) is 64.1 Å². The molecule has 1 aliphatic rings. The van der Waals surface area contributed by atoms with Crippen LogP contribution in [0.1, 0.15) is 31.7 Å². The van der Waals surface area contributed by atoms with E-state index in [9.17, 15) is 0 Å². The molecule has 1 aromatic rings. The molecule has 4 heteroatoms. The van der Waals surface area contributed by atoms with Crippen molar-refractivity contribution in [2.45, 2.75) is 37.8 Å². The van der Waals surface area contributed by atoms with E-state index in [1.54, 1.807) is 10.9 Å². The van der Waals surface area contributed by atoms with E-state index < -0.39 is 0 Å². The summed E-state index contributed by atoms with van der Waals surface area (Å²) in [4.78, 5) is 0. The van der Waals surface area contributed by atoms with Gasteiger partial charge in [0.25, 0.3) is 0 Å². The number of rotatable bonds is 1. The Morgan fingerprint density at radius 3 is 2.85 bits per heavy atom. The van der Waals surface area contributed by atoms with Gasteiger partial charge in [-0.25, -0.2) is 0 Å². The Morgan fingerprint density at radius 1 is 1.46 bits per heavy atom. The third-order valence-electron chi connectivity index (χ3n) is 2.71. The van der Waals surface area contributed by atoms with E-state index in [4.69, 9.17) is 10.8 Å². The van der Waals surface area contributed by atoms with Crippen LogP contribution in [0, 0.1) is 0 Å². The molecule has 0 spiro atoms. The third kappa shape index (κ3) is 1.67. The van der Waals surface area contributed by atoms with Gasteiger partial charge in [-0.2, -0.15) is 5.10 Å². The molecule has 0 bridgehead atoms. The van der Waals surface area contributed by atoms with Crippen molar-refractivity contribution in [1.82, 2.24) is 9.78 Å². The van der Waals surface area contributed by atoms with Crippen molar-refractivity contribution in [2.75, 3.05) is 0 Å². The smallest absolute Gasteiger partial charge is 0.153 e. The Balaban J connectivity index is 2.14. The van der Waals surface area contributed by atoms with Crippen molar-refractivity contribution in [3.8, 4) is 5.75 Å². The average molecular weight is 181 g/mol. The normalized spacial score (nSPS) is 29.0. The molecular formula is C9H15N3O. The summed E-state index contributed by atoms with van der Waals surface area (Å²) in [7, 11) is 0. The highest BCUT2D eigenvalue weighted by Gasteiger charge is 2.23. The van der Waals surface area contributed by atoms with Gasteiger partial charge in [-0.05, 0) is 12.8 Å². The molecule has 0 aromatic carbocycles. The first-order valence-corrected chi connectivity index (χ1v) is 4.76. The molecular weight excluding hydrogens is 166 g/mol. The van der Waals surface area contributed by atoms with Crippen LogP contribution in [0.4, 0.5) is 0 Å². The maximum absolute atomic E-state index is 9.15. The molecule has 13 heavy (non-hydrogen) atoms. The van der Waals surface area contributed by atoms with Crippen molar-refractivity contribution in [1.29, 1.82) is 0 Å². The molecule has 0 aliphatic heterocycles. The highest BCUT2D eigenvalue weighted by molar-refractivity contribution is 5.09. The van der Waals surface area contributed by atoms with Crippen LogP contribution in [-0.2, 0) is 0 Å². The van der Waals surface area contributed by atoms with E-state index in [0.717, 1.165) is 12.8 Å². The molecule has 0 amide bonds. The summed E-state index contributed by atoms with van der Waals surface area (Å²) in [6.45, 7) is 0. The lowest BCUT2D eigenvalue weighted by molar-refractivity contribution is 0.285. The minimum atomic E-state index is 0.188. The van der Waals surface area contributed by atoms with E-state index in [0.29, 0.717) is 0 Å². The van der Waals surface area contributed by atoms with Gasteiger partial charge in [0.05, 0.1) is 18.4 Å². The van der Waals surface area contributed by atoms with E-state index >= 15 is 0 Å². The molecule has 1 aromatic heterocycles. The van der Waals surface area contributed by atoms with Gasteiger partial charge in [-0.3, -0.25) is 4.68 Å². The molecule has 3 N–H and O–H groups in total. The molecule has 0 radical (unpaired) electrons. The highest BCUT2D eigenvalue weighted by atomic mass is 16.3. The molecule has 1 fully saturated rings. The average Bonchev–Trinajstić information content (AvgIpc) is 2.53. The SMILES string of the molecule is NC1CCCCC1n1cc(O)cn1. The van der Waals surface area contributed by atoms with Crippen molar-refractivity contribution in [3.63, 3.8) is 0 Å². The standard InChI is InChI=1S/C9H15N3O/c10-8-3-1-2-4-9(8)12-6-7(13)5-11-12/h5-6,8-9,13H,1-4,10H2. The Labute approximate surface area is 77.4 Å². The molecule has 2 atom stereocenters. The van der Waals surface area contributed by atoms with Crippen LogP contribution in [0.3, 0.4) is 0 Å². The summed E-state index contributed by atoms with van der Waals surface area (Å²) < 4.78 is 1.79. The van der Waals surface area contributed by atoms with Gasteiger partial charge in [0.1, 0.15) is 0 Å². The van der Waals surface area contributed by atoms with Crippen LogP contribution >= 0.6 is 0 Å². The molecule has 2 unspecified atom stereocenters. The molecule has 4 nitrogen and oxygen atoms in total. The lowest BCUT2D eigenvalue weighted by atomic mass is 9.91. The minimum Gasteiger partial charge on any atom is -0.505 e. The van der Waals surface area contributed by atoms with Crippen molar-refractivity contribution >= 4 is 0 Å². The fourth-order valence-corrected chi connectivity index (χ4v) is 1.98. The van der Waals surface area contributed by atoms with Gasteiger partial charge in [0.2, 0.25) is 0 Å². The van der Waals surface area contributed by atoms with Crippen LogP contribution in [0.5, 0.6) is 5.75 Å². The highest BCUT2D eigenvalue weighted by Crippen LogP contribution is 2.27. The summed E-state index contributed by atoms with van der Waals surface area (Å²) >= 11 is 0. The zero-order valence-electron chi connectivity index (χ0n) is 7.56. The molecule has 1 saturated carbocycles. The third-order valence-corrected chi connectivity index (χ3v) is 2.71. The zero-order chi connectivity index (χ0) is 9.26. The van der Waals surface area contributed by atoms with Gasteiger partial charge in [0.15, 0.2) is 5.75 Å². The number of hydrogen-bond donors (Lipinski definition) is 2. The fraction of sp³-hybridized carbons (Fsp3) is 0.667. The monoisotopic (exact) mass is 181 g/mol. The molecule has 1 heterocycles. The summed E-state index contributed by atoms with van der Waals surface area (Å²) in [6.07, 6.45) is 7.66. The molecule has 1 aliphatic carbocycles. The van der Waals surface area contributed by atoms with E-state index in [1.165, 1.54) is 19.0 Å². The van der Waals surface area contributed by atoms with Gasteiger partial charge in [-0.15, -0.1) is 0 Å². The van der Waals surface area contributed by atoms with Gasteiger partial charge >= 0.3 is 0 Å². The first-order valence-electron chi connectivity index (χ1n) is 4.76. The number of aromatic hydroxyl groups is 1. The van der Waals surface area contributed by atoms with Crippen molar-refractivity contribution in [3.05, 3.63) is 12.4 Å². The minimum absolute atomic E-state index is 0.188. The summed E-state index contributed by atoms with van der Waals surface area (Å²) in [5.41, 5.74) is 5.98. The second kappa shape index (κ2) is 3.38. The second-order valence-electron chi connectivity index (χ2n) is 3.69. The second-order valence-corrected chi connectivity index (χ2v) is 3.69. The summed E-state index contributed by atoms with van der Waals surface area (Å²) in [5.74, 6) is 0.220. The Hall–Kier alpha value is -1.03. The van der Waals surface area contributed by atoms with Crippen LogP contribution in [-0.4, -0.2) is 20.9 Å². The van der Waals surface area contributed by atoms with E-state index in [1.807, 2.05) is 0 Å². The van der Waals surface area contributed by atoms with Gasteiger partial charge in [0, 0.05) is 6.04 Å². The first kappa shape index (κ1) is 8.56. The summed E-state index contributed by atoms with van der Waals surface area (Å²) in [5, 5.41) is 13.2. The summed E-state index contributed by atoms with van der Waals surface area (Å²) in [6, 6.07) is 0.461. The molecule has 2 rings (SSSR count). The van der Waals surface area contributed by atoms with Crippen molar-refractivity contribution < 1.29 is 5.11 Å². The Kier molecular flexibility index (Phi) is 2.22. The predicted octanol–water partition coefficient (Wildman–Crippen LogP) is 1.03. The number of hydrogen-bond acceptors (Lipinski definition) is 3. The van der Waals surface area contributed by atoms with Crippen LogP contribution in [0.2, 0.25) is 0 Å². The Morgan fingerprint density at radius 2 is 2.23 bits per heavy atom. The van der Waals surface area contributed by atoms with Gasteiger partial charge in [-0.1, -0.05) is 12.8 Å². The largest absolute Gasteiger partial charge is 0.505 e. The maximum atomic E-state index is 9.15. The van der Waals surface area contributed by atoms with Crippen LogP contribution in [0.15, 0.2) is 12.4 Å². The Bertz CT molecular complexity index is 284. The molecule has 0 saturated heterocycles. The zero-order valence-corrected chi connectivity index (χ0v) is 7.56. The van der Waals surface area contributed by atoms with Crippen LogP contribution in [0.25, 0.3) is 0 Å². The van der Waals surface area contributed by atoms with Crippen molar-refractivity contribution in [2.24, 2.45) is 5.73 Å². The predicted molar refractivity (Wildman–Crippen MR) is 49.4 cm³/mol. The van der Waals surface area contributed by atoms with Gasteiger partial charge < -0.3 is 10.8 Å². The quantitative estimate of drug-likeness (QED) is 0.680. The fourth-order valence-electron chi connectivity index (χ4n) is 1.98.